The molecule has 0 aliphatic rings. The van der Waals surface area contributed by atoms with Gasteiger partial charge in [0.25, 0.3) is 5.91 Å². The molecule has 0 unspecified atom stereocenters. The number of Topliss-reactive ketones (excluding diaryl/α,β-unsaturated/α-hetero) is 1. The minimum Gasteiger partial charge on any atom is -0.297 e. The molecule has 24 heavy (non-hydrogen) atoms. The smallest absolute Gasteiger partial charge is 0.267 e. The predicted octanol–water partition coefficient (Wildman–Crippen LogP) is 5.01. The van der Waals surface area contributed by atoms with Crippen molar-refractivity contribution >= 4 is 55.4 Å². The summed E-state index contributed by atoms with van der Waals surface area (Å²) in [5.74, 6) is -0.279. The second-order valence-corrected chi connectivity index (χ2v) is 8.13. The molecule has 122 valence electrons. The molecule has 0 bridgehead atoms. The molecule has 0 saturated carbocycles. The maximum absolute atomic E-state index is 12.2. The third-order valence-electron chi connectivity index (χ3n) is 3.27. The van der Waals surface area contributed by atoms with E-state index in [4.69, 9.17) is 0 Å². The fourth-order valence-electron chi connectivity index (χ4n) is 2.08. The lowest BCUT2D eigenvalue weighted by molar-refractivity contribution is 0.101. The Kier molecular flexibility index (Phi) is 5.23. The van der Waals surface area contributed by atoms with Gasteiger partial charge in [-0.1, -0.05) is 34.1 Å². The van der Waals surface area contributed by atoms with Crippen LogP contribution in [0.3, 0.4) is 0 Å². The molecule has 3 aromatic rings. The highest BCUT2D eigenvalue weighted by atomic mass is 79.9. The van der Waals surface area contributed by atoms with Crippen LogP contribution < -0.4 is 5.32 Å². The van der Waals surface area contributed by atoms with E-state index in [0.717, 1.165) is 15.8 Å². The normalized spacial score (nSPS) is 10.6. The van der Waals surface area contributed by atoms with Gasteiger partial charge in [0.1, 0.15) is 0 Å². The molecule has 0 atom stereocenters. The van der Waals surface area contributed by atoms with Crippen LogP contribution in [-0.4, -0.2) is 16.7 Å². The number of thiophene rings is 1. The van der Waals surface area contributed by atoms with Gasteiger partial charge in [-0.15, -0.1) is 22.7 Å². The second kappa shape index (κ2) is 7.38. The third kappa shape index (κ3) is 3.98. The van der Waals surface area contributed by atoms with Crippen molar-refractivity contribution in [2.24, 2.45) is 0 Å². The molecule has 4 nitrogen and oxygen atoms in total. The number of amides is 1. The summed E-state index contributed by atoms with van der Waals surface area (Å²) in [5.41, 5.74) is 1.17. The van der Waals surface area contributed by atoms with Crippen molar-refractivity contribution in [1.29, 1.82) is 0 Å². The van der Waals surface area contributed by atoms with Gasteiger partial charge >= 0.3 is 0 Å². The molecule has 7 heteroatoms. The standard InChI is InChI=1S/C17H13BrN2O2S2/c1-10(21)14-6-7-15(24-14)16(22)20-17-19-9-12(23-17)8-11-4-2-3-5-13(11)18/h2-7,9H,8H2,1H3,(H,19,20,22). The van der Waals surface area contributed by atoms with Gasteiger partial charge in [-0.25, -0.2) is 4.98 Å². The first-order valence-corrected chi connectivity index (χ1v) is 9.56. The highest BCUT2D eigenvalue weighted by Crippen LogP contribution is 2.26. The number of carbonyl (C=O) groups is 2. The van der Waals surface area contributed by atoms with Gasteiger partial charge in [-0.05, 0) is 30.7 Å². The van der Waals surface area contributed by atoms with Crippen LogP contribution in [0.2, 0.25) is 0 Å². The van der Waals surface area contributed by atoms with Crippen LogP contribution in [0.25, 0.3) is 0 Å². The summed E-state index contributed by atoms with van der Waals surface area (Å²) in [5, 5.41) is 3.34. The van der Waals surface area contributed by atoms with Gasteiger partial charge in [0.05, 0.1) is 9.75 Å². The van der Waals surface area contributed by atoms with E-state index in [1.807, 2.05) is 18.2 Å². The first-order chi connectivity index (χ1) is 11.5. The first kappa shape index (κ1) is 17.0. The molecule has 0 fully saturated rings. The highest BCUT2D eigenvalue weighted by Gasteiger charge is 2.13. The minimum atomic E-state index is -0.241. The fourth-order valence-corrected chi connectivity index (χ4v) is 4.14. The zero-order valence-corrected chi connectivity index (χ0v) is 15.9. The third-order valence-corrected chi connectivity index (χ3v) is 6.14. The number of benzene rings is 1. The van der Waals surface area contributed by atoms with Crippen LogP contribution in [0.15, 0.2) is 47.1 Å². The summed E-state index contributed by atoms with van der Waals surface area (Å²) < 4.78 is 1.05. The number of ketones is 1. The Morgan fingerprint density at radius 1 is 1.12 bits per heavy atom. The lowest BCUT2D eigenvalue weighted by Gasteiger charge is -2.01. The lowest BCUT2D eigenvalue weighted by atomic mass is 10.1. The number of hydrogen-bond acceptors (Lipinski definition) is 5. The number of anilines is 1. The first-order valence-electron chi connectivity index (χ1n) is 7.13. The average molecular weight is 421 g/mol. The molecule has 3 rings (SSSR count). The number of aromatic nitrogens is 1. The molecule has 2 aromatic heterocycles. The number of halogens is 1. The number of rotatable bonds is 5. The van der Waals surface area contributed by atoms with E-state index < -0.39 is 0 Å². The van der Waals surface area contributed by atoms with Gasteiger partial charge in [0.15, 0.2) is 10.9 Å². The Hall–Kier alpha value is -1.83. The van der Waals surface area contributed by atoms with Gasteiger partial charge < -0.3 is 0 Å². The van der Waals surface area contributed by atoms with E-state index in [1.165, 1.54) is 35.2 Å². The number of thiazole rings is 1. The SMILES string of the molecule is CC(=O)c1ccc(C(=O)Nc2ncc(Cc3ccccc3Br)s2)s1. The molecule has 1 aromatic carbocycles. The van der Waals surface area contributed by atoms with Crippen LogP contribution in [0.4, 0.5) is 5.13 Å². The summed E-state index contributed by atoms with van der Waals surface area (Å²) in [6.07, 6.45) is 2.53. The highest BCUT2D eigenvalue weighted by molar-refractivity contribution is 9.10. The Labute approximate surface area is 155 Å². The van der Waals surface area contributed by atoms with Crippen LogP contribution in [0, 0.1) is 0 Å². The molecule has 2 heterocycles. The van der Waals surface area contributed by atoms with Crippen molar-refractivity contribution in [3.63, 3.8) is 0 Å². The average Bonchev–Trinajstić information content (AvgIpc) is 3.19. The Balaban J connectivity index is 1.68. The van der Waals surface area contributed by atoms with Crippen molar-refractivity contribution in [3.05, 3.63) is 67.3 Å². The maximum Gasteiger partial charge on any atom is 0.267 e. The second-order valence-electron chi connectivity index (χ2n) is 5.07. The molecular formula is C17H13BrN2O2S2. The molecule has 0 aliphatic heterocycles. The Morgan fingerprint density at radius 3 is 2.58 bits per heavy atom. The number of carbonyl (C=O) groups excluding carboxylic acids is 2. The molecular weight excluding hydrogens is 408 g/mol. The van der Waals surface area contributed by atoms with Gasteiger partial charge in [-0.2, -0.15) is 0 Å². The summed E-state index contributed by atoms with van der Waals surface area (Å²) in [6.45, 7) is 1.49. The Bertz CT molecular complexity index is 901. The number of nitrogens with one attached hydrogen (secondary N) is 1. The topological polar surface area (TPSA) is 59.1 Å². The van der Waals surface area contributed by atoms with Crippen molar-refractivity contribution in [2.75, 3.05) is 5.32 Å². The van der Waals surface area contributed by atoms with Gasteiger partial charge in [0, 0.05) is 22.0 Å². The molecule has 0 radical (unpaired) electrons. The number of hydrogen-bond donors (Lipinski definition) is 1. The summed E-state index contributed by atoms with van der Waals surface area (Å²) in [7, 11) is 0. The summed E-state index contributed by atoms with van der Waals surface area (Å²) in [4.78, 5) is 29.9. The fraction of sp³-hybridized carbons (Fsp3) is 0.118. The minimum absolute atomic E-state index is 0.0379. The summed E-state index contributed by atoms with van der Waals surface area (Å²) >= 11 is 6.17. The van der Waals surface area contributed by atoms with Crippen LogP contribution >= 0.6 is 38.6 Å². The van der Waals surface area contributed by atoms with Crippen molar-refractivity contribution in [3.8, 4) is 0 Å². The molecule has 1 amide bonds. The predicted molar refractivity (Wildman–Crippen MR) is 101 cm³/mol. The van der Waals surface area contributed by atoms with E-state index in [2.05, 4.69) is 32.3 Å². The largest absolute Gasteiger partial charge is 0.297 e. The van der Waals surface area contributed by atoms with Crippen LogP contribution in [0.5, 0.6) is 0 Å². The van der Waals surface area contributed by atoms with Crippen molar-refractivity contribution < 1.29 is 9.59 Å². The quantitative estimate of drug-likeness (QED) is 0.589. The van der Waals surface area contributed by atoms with E-state index in [9.17, 15) is 9.59 Å². The van der Waals surface area contributed by atoms with Crippen LogP contribution in [0.1, 0.15) is 36.7 Å². The van der Waals surface area contributed by atoms with Gasteiger partial charge in [-0.3, -0.25) is 14.9 Å². The maximum atomic E-state index is 12.2. The molecule has 1 N–H and O–H groups in total. The molecule has 0 aliphatic carbocycles. The Morgan fingerprint density at radius 2 is 1.88 bits per heavy atom. The summed E-state index contributed by atoms with van der Waals surface area (Å²) in [6, 6.07) is 11.4. The van der Waals surface area contributed by atoms with E-state index in [-0.39, 0.29) is 11.7 Å². The van der Waals surface area contributed by atoms with Crippen molar-refractivity contribution in [1.82, 2.24) is 4.98 Å². The monoisotopic (exact) mass is 420 g/mol. The zero-order valence-electron chi connectivity index (χ0n) is 12.7. The molecule has 0 spiro atoms. The zero-order chi connectivity index (χ0) is 17.1. The van der Waals surface area contributed by atoms with Gasteiger partial charge in [0.2, 0.25) is 0 Å². The van der Waals surface area contributed by atoms with E-state index >= 15 is 0 Å². The molecule has 0 saturated heterocycles. The lowest BCUT2D eigenvalue weighted by Crippen LogP contribution is -2.09. The van der Waals surface area contributed by atoms with Crippen LogP contribution in [-0.2, 0) is 6.42 Å². The van der Waals surface area contributed by atoms with E-state index in [0.29, 0.717) is 14.9 Å². The van der Waals surface area contributed by atoms with Crippen molar-refractivity contribution in [2.45, 2.75) is 13.3 Å². The van der Waals surface area contributed by atoms with E-state index in [1.54, 1.807) is 18.3 Å². The number of nitrogens with zero attached hydrogens (tertiary/aromatic N) is 1.